The molecule has 2 saturated heterocycles. The van der Waals surface area contributed by atoms with Crippen LogP contribution < -0.4 is 10.2 Å². The molecule has 1 N–H and O–H groups in total. The summed E-state index contributed by atoms with van der Waals surface area (Å²) in [5.74, 6) is 0.569. The Labute approximate surface area is 178 Å². The molecule has 9 heteroatoms. The van der Waals surface area contributed by atoms with E-state index in [4.69, 9.17) is 4.74 Å². The lowest BCUT2D eigenvalue weighted by molar-refractivity contribution is -0.384. The number of ether oxygens (including phenoxy) is 1. The Kier molecular flexibility index (Phi) is 7.87. The van der Waals surface area contributed by atoms with Crippen molar-refractivity contribution in [3.8, 4) is 0 Å². The number of nitrogens with zero attached hydrogens (tertiary/aromatic N) is 4. The van der Waals surface area contributed by atoms with Crippen LogP contribution in [0.2, 0.25) is 0 Å². The number of carbonyl (C=O) groups excluding carboxylic acids is 1. The van der Waals surface area contributed by atoms with Gasteiger partial charge in [0.1, 0.15) is 0 Å². The summed E-state index contributed by atoms with van der Waals surface area (Å²) >= 11 is 0. The fourth-order valence-corrected chi connectivity index (χ4v) is 4.12. The first kappa shape index (κ1) is 22.3. The predicted molar refractivity (Wildman–Crippen MR) is 116 cm³/mol. The number of hydrogen-bond donors (Lipinski definition) is 1. The molecule has 0 aliphatic carbocycles. The van der Waals surface area contributed by atoms with E-state index in [2.05, 4.69) is 29.0 Å². The third-order valence-corrected chi connectivity index (χ3v) is 5.79. The molecule has 0 aromatic heterocycles. The van der Waals surface area contributed by atoms with Crippen LogP contribution in [0.4, 0.5) is 16.2 Å². The molecule has 166 valence electrons. The van der Waals surface area contributed by atoms with Crippen molar-refractivity contribution in [2.75, 3.05) is 63.9 Å². The summed E-state index contributed by atoms with van der Waals surface area (Å²) in [5, 5.41) is 13.9. The maximum atomic E-state index is 12.7. The van der Waals surface area contributed by atoms with E-state index in [1.165, 1.54) is 12.1 Å². The maximum absolute atomic E-state index is 12.7. The Morgan fingerprint density at radius 2 is 1.73 bits per heavy atom. The molecule has 0 unspecified atom stereocenters. The minimum Gasteiger partial charge on any atom is -0.379 e. The maximum Gasteiger partial charge on any atom is 0.317 e. The van der Waals surface area contributed by atoms with E-state index in [9.17, 15) is 14.9 Å². The van der Waals surface area contributed by atoms with Crippen molar-refractivity contribution < 1.29 is 14.5 Å². The highest BCUT2D eigenvalue weighted by Gasteiger charge is 2.25. The van der Waals surface area contributed by atoms with Crippen LogP contribution in [0.1, 0.15) is 20.3 Å². The molecule has 3 rings (SSSR count). The highest BCUT2D eigenvalue weighted by molar-refractivity contribution is 5.74. The molecule has 2 amide bonds. The molecule has 2 fully saturated rings. The van der Waals surface area contributed by atoms with Crippen LogP contribution in [-0.2, 0) is 4.74 Å². The van der Waals surface area contributed by atoms with Crippen LogP contribution in [-0.4, -0.2) is 85.8 Å². The molecular formula is C21H33N5O4. The Bertz CT molecular complexity index is 698. The van der Waals surface area contributed by atoms with Crippen molar-refractivity contribution in [3.63, 3.8) is 0 Å². The minimum atomic E-state index is -0.393. The normalized spacial score (nSPS) is 19.0. The third kappa shape index (κ3) is 6.06. The number of nitro benzene ring substituents is 1. The molecule has 0 saturated carbocycles. The lowest BCUT2D eigenvalue weighted by Crippen LogP contribution is -2.55. The Morgan fingerprint density at radius 1 is 1.10 bits per heavy atom. The fraction of sp³-hybridized carbons (Fsp3) is 0.667. The molecular weight excluding hydrogens is 386 g/mol. The molecule has 0 spiro atoms. The van der Waals surface area contributed by atoms with Gasteiger partial charge in [-0.25, -0.2) is 4.79 Å². The van der Waals surface area contributed by atoms with Gasteiger partial charge in [-0.2, -0.15) is 0 Å². The molecule has 30 heavy (non-hydrogen) atoms. The third-order valence-electron chi connectivity index (χ3n) is 5.79. The van der Waals surface area contributed by atoms with Crippen molar-refractivity contribution in [3.05, 3.63) is 34.4 Å². The van der Waals surface area contributed by atoms with Crippen molar-refractivity contribution in [1.82, 2.24) is 15.1 Å². The molecule has 0 bridgehead atoms. The smallest absolute Gasteiger partial charge is 0.317 e. The number of nitrogens with one attached hydrogen (secondary N) is 1. The highest BCUT2D eigenvalue weighted by atomic mass is 16.6. The zero-order chi connectivity index (χ0) is 21.5. The number of piperazine rings is 1. The molecule has 1 aromatic rings. The number of non-ortho nitro benzene ring substituents is 1. The molecule has 1 atom stereocenters. The number of morpholine rings is 1. The first-order valence-corrected chi connectivity index (χ1v) is 10.8. The zero-order valence-electron chi connectivity index (χ0n) is 18.0. The van der Waals surface area contributed by atoms with Crippen molar-refractivity contribution >= 4 is 17.4 Å². The van der Waals surface area contributed by atoms with E-state index in [0.717, 1.165) is 38.4 Å². The number of amides is 2. The summed E-state index contributed by atoms with van der Waals surface area (Å²) in [6.45, 7) is 11.1. The number of urea groups is 1. The number of carbonyl (C=O) groups is 1. The molecule has 9 nitrogen and oxygen atoms in total. The summed E-state index contributed by atoms with van der Waals surface area (Å²) in [6, 6.07) is 6.91. The van der Waals surface area contributed by atoms with Gasteiger partial charge in [0.05, 0.1) is 18.1 Å². The van der Waals surface area contributed by atoms with Crippen molar-refractivity contribution in [2.45, 2.75) is 26.3 Å². The first-order chi connectivity index (χ1) is 14.4. The molecule has 2 heterocycles. The summed E-state index contributed by atoms with van der Waals surface area (Å²) in [5.41, 5.74) is 1.04. The van der Waals surface area contributed by atoms with Gasteiger partial charge in [0, 0.05) is 69.7 Å². The predicted octanol–water partition coefficient (Wildman–Crippen LogP) is 2.17. The standard InChI is InChI=1S/C21H33N5O4/c1-17(2)15-20(24-11-13-30-14-12-24)16-22-21(27)25-9-7-23(8-10-25)18-3-5-19(6-4-18)26(28)29/h3-6,17,20H,7-16H2,1-2H3,(H,22,27)/t20-/m0/s1. The molecule has 1 aromatic carbocycles. The van der Waals surface area contributed by atoms with E-state index in [1.807, 2.05) is 4.90 Å². The topological polar surface area (TPSA) is 91.2 Å². The lowest BCUT2D eigenvalue weighted by Gasteiger charge is -2.38. The van der Waals surface area contributed by atoms with Gasteiger partial charge in [-0.1, -0.05) is 13.8 Å². The Balaban J connectivity index is 1.47. The van der Waals surface area contributed by atoms with Gasteiger partial charge in [-0.05, 0) is 24.5 Å². The van der Waals surface area contributed by atoms with Gasteiger partial charge in [0.15, 0.2) is 0 Å². The number of anilines is 1. The monoisotopic (exact) mass is 419 g/mol. The number of rotatable bonds is 7. The van der Waals surface area contributed by atoms with Crippen molar-refractivity contribution in [2.24, 2.45) is 5.92 Å². The lowest BCUT2D eigenvalue weighted by atomic mass is 10.0. The number of nitro groups is 1. The second kappa shape index (κ2) is 10.6. The SMILES string of the molecule is CC(C)C[C@@H](CNC(=O)N1CCN(c2ccc([N+](=O)[O-])cc2)CC1)N1CCOCC1. The zero-order valence-corrected chi connectivity index (χ0v) is 18.0. The molecule has 2 aliphatic heterocycles. The van der Waals surface area contributed by atoms with Crippen LogP contribution >= 0.6 is 0 Å². The van der Waals surface area contributed by atoms with E-state index in [0.29, 0.717) is 44.7 Å². The van der Waals surface area contributed by atoms with Gasteiger partial charge in [-0.3, -0.25) is 15.0 Å². The number of hydrogen-bond acceptors (Lipinski definition) is 6. The summed E-state index contributed by atoms with van der Waals surface area (Å²) < 4.78 is 5.47. The average molecular weight is 420 g/mol. The van der Waals surface area contributed by atoms with Gasteiger partial charge >= 0.3 is 6.03 Å². The molecule has 0 radical (unpaired) electrons. The number of benzene rings is 1. The van der Waals surface area contributed by atoms with Gasteiger partial charge in [0.25, 0.3) is 5.69 Å². The second-order valence-corrected chi connectivity index (χ2v) is 8.37. The van der Waals surface area contributed by atoms with Crippen LogP contribution in [0.25, 0.3) is 0 Å². The average Bonchev–Trinajstić information content (AvgIpc) is 2.77. The van der Waals surface area contributed by atoms with E-state index < -0.39 is 4.92 Å². The van der Waals surface area contributed by atoms with Crippen LogP contribution in [0.15, 0.2) is 24.3 Å². The van der Waals surface area contributed by atoms with Crippen LogP contribution in [0, 0.1) is 16.0 Å². The quantitative estimate of drug-likeness (QED) is 0.538. The Hall–Kier alpha value is -2.39. The van der Waals surface area contributed by atoms with Gasteiger partial charge in [-0.15, -0.1) is 0 Å². The Morgan fingerprint density at radius 3 is 2.30 bits per heavy atom. The summed E-state index contributed by atoms with van der Waals surface area (Å²) in [4.78, 5) is 29.6. The first-order valence-electron chi connectivity index (χ1n) is 10.8. The molecule has 2 aliphatic rings. The van der Waals surface area contributed by atoms with Crippen molar-refractivity contribution in [1.29, 1.82) is 0 Å². The van der Waals surface area contributed by atoms with Crippen LogP contribution in [0.3, 0.4) is 0 Å². The summed E-state index contributed by atoms with van der Waals surface area (Å²) in [6.07, 6.45) is 1.05. The largest absolute Gasteiger partial charge is 0.379 e. The van der Waals surface area contributed by atoms with Gasteiger partial charge in [0.2, 0.25) is 0 Å². The van der Waals surface area contributed by atoms with E-state index in [1.54, 1.807) is 12.1 Å². The summed E-state index contributed by atoms with van der Waals surface area (Å²) in [7, 11) is 0. The van der Waals surface area contributed by atoms with Gasteiger partial charge < -0.3 is 19.9 Å². The highest BCUT2D eigenvalue weighted by Crippen LogP contribution is 2.20. The van der Waals surface area contributed by atoms with E-state index >= 15 is 0 Å². The fourth-order valence-electron chi connectivity index (χ4n) is 4.12. The van der Waals surface area contributed by atoms with E-state index in [-0.39, 0.29) is 11.7 Å². The minimum absolute atomic E-state index is 0.0136. The van der Waals surface area contributed by atoms with Crippen LogP contribution in [0.5, 0.6) is 0 Å². The second-order valence-electron chi connectivity index (χ2n) is 8.37.